The fourth-order valence-corrected chi connectivity index (χ4v) is 3.78. The Morgan fingerprint density at radius 3 is 2.65 bits per heavy atom. The van der Waals surface area contributed by atoms with Gasteiger partial charge in [-0.25, -0.2) is 0 Å². The van der Waals surface area contributed by atoms with Gasteiger partial charge in [-0.2, -0.15) is 0 Å². The molecule has 1 aliphatic heterocycles. The number of likely N-dealkylation sites (N-methyl/N-ethyl adjacent to an activating group) is 1. The summed E-state index contributed by atoms with van der Waals surface area (Å²) in [5.74, 6) is 0.376. The number of carbonyl (C=O) groups is 2. The van der Waals surface area contributed by atoms with E-state index in [2.05, 4.69) is 0 Å². The van der Waals surface area contributed by atoms with Crippen molar-refractivity contribution in [2.24, 2.45) is 0 Å². The molecule has 1 fully saturated rings. The zero-order valence-electron chi connectivity index (χ0n) is 13.9. The first-order valence-electron chi connectivity index (χ1n) is 7.90. The summed E-state index contributed by atoms with van der Waals surface area (Å²) in [5.41, 5.74) is 1.61. The third-order valence-corrected chi connectivity index (χ3v) is 5.25. The lowest BCUT2D eigenvalue weighted by Gasteiger charge is -2.09. The molecule has 0 unspecified atom stereocenters. The van der Waals surface area contributed by atoms with E-state index < -0.39 is 0 Å². The molecular formula is C19H15Cl2NO3S. The van der Waals surface area contributed by atoms with E-state index in [4.69, 9.17) is 27.9 Å². The van der Waals surface area contributed by atoms with Crippen LogP contribution in [-0.4, -0.2) is 22.6 Å². The van der Waals surface area contributed by atoms with Crippen LogP contribution in [0, 0.1) is 0 Å². The van der Waals surface area contributed by atoms with Crippen molar-refractivity contribution >= 4 is 52.2 Å². The van der Waals surface area contributed by atoms with Gasteiger partial charge in [-0.1, -0.05) is 41.4 Å². The van der Waals surface area contributed by atoms with Crippen molar-refractivity contribution in [3.8, 4) is 5.75 Å². The number of ether oxygens (including phenoxy) is 1. The summed E-state index contributed by atoms with van der Waals surface area (Å²) in [5, 5.41) is 0.872. The van der Waals surface area contributed by atoms with Crippen molar-refractivity contribution in [1.82, 2.24) is 4.90 Å². The highest BCUT2D eigenvalue weighted by molar-refractivity contribution is 8.18. The van der Waals surface area contributed by atoms with E-state index in [9.17, 15) is 9.59 Å². The average Bonchev–Trinajstić information content (AvgIpc) is 2.87. The Kier molecular flexibility index (Phi) is 5.91. The van der Waals surface area contributed by atoms with Crippen molar-refractivity contribution in [3.05, 3.63) is 68.5 Å². The average molecular weight is 408 g/mol. The lowest BCUT2D eigenvalue weighted by Crippen LogP contribution is -2.27. The van der Waals surface area contributed by atoms with Gasteiger partial charge in [0, 0.05) is 22.2 Å². The zero-order valence-corrected chi connectivity index (χ0v) is 16.2. The molecule has 1 aliphatic rings. The van der Waals surface area contributed by atoms with Gasteiger partial charge in [-0.3, -0.25) is 14.5 Å². The minimum atomic E-state index is -0.262. The Hall–Kier alpha value is -1.95. The standard InChI is InChI=1S/C19H15Cl2NO3S/c1-2-22-18(23)17(26-19(22)24)9-12-4-3-5-15(8-12)25-11-13-6-7-14(20)10-16(13)21/h3-10H,2,11H2,1H3/b17-9+. The van der Waals surface area contributed by atoms with Crippen LogP contribution in [0.2, 0.25) is 10.0 Å². The Bertz CT molecular complexity index is 898. The van der Waals surface area contributed by atoms with Crippen LogP contribution < -0.4 is 4.74 Å². The molecule has 7 heteroatoms. The van der Waals surface area contributed by atoms with E-state index in [-0.39, 0.29) is 11.1 Å². The SMILES string of the molecule is CCN1C(=O)S/C(=C/c2cccc(OCc3ccc(Cl)cc3Cl)c2)C1=O. The molecule has 4 nitrogen and oxygen atoms in total. The molecule has 0 aliphatic carbocycles. The fourth-order valence-electron chi connectivity index (χ4n) is 2.42. The van der Waals surface area contributed by atoms with Crippen molar-refractivity contribution < 1.29 is 14.3 Å². The topological polar surface area (TPSA) is 46.6 Å². The number of nitrogens with zero attached hydrogens (tertiary/aromatic N) is 1. The van der Waals surface area contributed by atoms with Crippen LogP contribution in [0.5, 0.6) is 5.75 Å². The van der Waals surface area contributed by atoms with Crippen LogP contribution >= 0.6 is 35.0 Å². The molecule has 3 rings (SSSR count). The summed E-state index contributed by atoms with van der Waals surface area (Å²) in [6, 6.07) is 12.5. The maximum Gasteiger partial charge on any atom is 0.293 e. The summed E-state index contributed by atoms with van der Waals surface area (Å²) in [6.45, 7) is 2.44. The fraction of sp³-hybridized carbons (Fsp3) is 0.158. The highest BCUT2D eigenvalue weighted by Gasteiger charge is 2.33. The maximum atomic E-state index is 12.2. The predicted octanol–water partition coefficient (Wildman–Crippen LogP) is 5.63. The number of hydrogen-bond donors (Lipinski definition) is 0. The summed E-state index contributed by atoms with van der Waals surface area (Å²) in [7, 11) is 0. The summed E-state index contributed by atoms with van der Waals surface area (Å²) in [4.78, 5) is 25.6. The van der Waals surface area contributed by atoms with E-state index in [0.717, 1.165) is 22.9 Å². The molecule has 0 aromatic heterocycles. The predicted molar refractivity (Wildman–Crippen MR) is 106 cm³/mol. The van der Waals surface area contributed by atoms with E-state index in [1.807, 2.05) is 30.3 Å². The molecule has 2 aromatic rings. The smallest absolute Gasteiger partial charge is 0.293 e. The van der Waals surface area contributed by atoms with Gasteiger partial charge < -0.3 is 4.74 Å². The van der Waals surface area contributed by atoms with Gasteiger partial charge in [0.1, 0.15) is 12.4 Å². The second-order valence-electron chi connectivity index (χ2n) is 5.52. The van der Waals surface area contributed by atoms with Crippen LogP contribution in [-0.2, 0) is 11.4 Å². The lowest BCUT2D eigenvalue weighted by molar-refractivity contribution is -0.122. The molecule has 134 valence electrons. The van der Waals surface area contributed by atoms with E-state index in [0.29, 0.717) is 33.9 Å². The zero-order chi connectivity index (χ0) is 18.7. The lowest BCUT2D eigenvalue weighted by atomic mass is 10.2. The number of thioether (sulfide) groups is 1. The van der Waals surface area contributed by atoms with Crippen LogP contribution in [0.25, 0.3) is 6.08 Å². The molecule has 0 N–H and O–H groups in total. The molecule has 0 radical (unpaired) electrons. The van der Waals surface area contributed by atoms with Gasteiger partial charge in [-0.05, 0) is 54.6 Å². The Labute approximate surface area is 165 Å². The normalized spacial score (nSPS) is 15.8. The second kappa shape index (κ2) is 8.16. The van der Waals surface area contributed by atoms with Crippen molar-refractivity contribution in [2.45, 2.75) is 13.5 Å². The van der Waals surface area contributed by atoms with Gasteiger partial charge >= 0.3 is 0 Å². The van der Waals surface area contributed by atoms with Crippen LogP contribution in [0.15, 0.2) is 47.4 Å². The van der Waals surface area contributed by atoms with Crippen molar-refractivity contribution in [1.29, 1.82) is 0 Å². The van der Waals surface area contributed by atoms with E-state index in [1.54, 1.807) is 25.1 Å². The van der Waals surface area contributed by atoms with Crippen LogP contribution in [0.4, 0.5) is 4.79 Å². The minimum Gasteiger partial charge on any atom is -0.489 e. The molecule has 0 atom stereocenters. The molecule has 2 amide bonds. The summed E-state index contributed by atoms with van der Waals surface area (Å²) in [6.07, 6.45) is 1.70. The minimum absolute atomic E-state index is 0.242. The number of benzene rings is 2. The number of imide groups is 1. The van der Waals surface area contributed by atoms with Crippen molar-refractivity contribution in [3.63, 3.8) is 0 Å². The number of rotatable bonds is 5. The molecule has 26 heavy (non-hydrogen) atoms. The van der Waals surface area contributed by atoms with Crippen LogP contribution in [0.3, 0.4) is 0 Å². The molecule has 2 aromatic carbocycles. The Balaban J connectivity index is 1.73. The van der Waals surface area contributed by atoms with E-state index in [1.165, 1.54) is 4.90 Å². The first kappa shape index (κ1) is 18.8. The third kappa shape index (κ3) is 4.23. The number of carbonyl (C=O) groups excluding carboxylic acids is 2. The van der Waals surface area contributed by atoms with Gasteiger partial charge in [0.05, 0.1) is 4.91 Å². The van der Waals surface area contributed by atoms with E-state index >= 15 is 0 Å². The summed E-state index contributed by atoms with van der Waals surface area (Å²) >= 11 is 13.0. The van der Waals surface area contributed by atoms with Gasteiger partial charge in [0.2, 0.25) is 0 Å². The molecule has 0 bridgehead atoms. The second-order valence-corrected chi connectivity index (χ2v) is 7.36. The highest BCUT2D eigenvalue weighted by atomic mass is 35.5. The molecule has 1 heterocycles. The molecule has 1 saturated heterocycles. The number of hydrogen-bond acceptors (Lipinski definition) is 4. The number of amides is 2. The monoisotopic (exact) mass is 407 g/mol. The molecule has 0 spiro atoms. The third-order valence-electron chi connectivity index (χ3n) is 3.76. The first-order chi connectivity index (χ1) is 12.5. The maximum absolute atomic E-state index is 12.2. The molecular weight excluding hydrogens is 393 g/mol. The molecule has 0 saturated carbocycles. The largest absolute Gasteiger partial charge is 0.489 e. The summed E-state index contributed by atoms with van der Waals surface area (Å²) < 4.78 is 5.78. The van der Waals surface area contributed by atoms with Crippen molar-refractivity contribution in [2.75, 3.05) is 6.54 Å². The first-order valence-corrected chi connectivity index (χ1v) is 9.47. The highest BCUT2D eigenvalue weighted by Crippen LogP contribution is 2.32. The van der Waals surface area contributed by atoms with Gasteiger partial charge in [0.15, 0.2) is 0 Å². The number of halogens is 2. The van der Waals surface area contributed by atoms with Gasteiger partial charge in [0.25, 0.3) is 11.1 Å². The van der Waals surface area contributed by atoms with Gasteiger partial charge in [-0.15, -0.1) is 0 Å². The Morgan fingerprint density at radius 2 is 1.96 bits per heavy atom. The van der Waals surface area contributed by atoms with Crippen LogP contribution in [0.1, 0.15) is 18.1 Å². The Morgan fingerprint density at radius 1 is 1.15 bits per heavy atom. The quantitative estimate of drug-likeness (QED) is 0.602.